The zero-order valence-corrected chi connectivity index (χ0v) is 18.3. The van der Waals surface area contributed by atoms with Crippen molar-refractivity contribution in [3.63, 3.8) is 0 Å². The molecule has 4 aromatic rings. The Bertz CT molecular complexity index is 1360. The molecule has 1 fully saturated rings. The Morgan fingerprint density at radius 3 is 2.59 bits per heavy atom. The Labute approximate surface area is 186 Å². The van der Waals surface area contributed by atoms with E-state index in [-0.39, 0.29) is 11.0 Å². The van der Waals surface area contributed by atoms with Crippen molar-refractivity contribution >= 4 is 5.78 Å². The first kappa shape index (κ1) is 19.3. The molecule has 2 aromatic carbocycles. The fourth-order valence-electron chi connectivity index (χ4n) is 5.83. The second-order valence-corrected chi connectivity index (χ2v) is 9.14. The minimum atomic E-state index is -0.112. The number of methoxy groups -OCH3 is 1. The fourth-order valence-corrected chi connectivity index (χ4v) is 5.83. The van der Waals surface area contributed by atoms with Crippen molar-refractivity contribution in [2.75, 3.05) is 7.11 Å². The van der Waals surface area contributed by atoms with E-state index >= 15 is 0 Å². The highest BCUT2D eigenvalue weighted by atomic mass is 16.5. The molecule has 6 rings (SSSR count). The molecule has 0 aliphatic heterocycles. The predicted molar refractivity (Wildman–Crippen MR) is 123 cm³/mol. The quantitative estimate of drug-likeness (QED) is 0.488. The van der Waals surface area contributed by atoms with Gasteiger partial charge in [0.25, 0.3) is 5.56 Å². The molecular formula is C26H26N4O2. The number of ether oxygens (including phenoxy) is 1. The van der Waals surface area contributed by atoms with Gasteiger partial charge in [0.05, 0.1) is 19.3 Å². The lowest BCUT2D eigenvalue weighted by Crippen LogP contribution is -2.43. The van der Waals surface area contributed by atoms with Gasteiger partial charge in [-0.05, 0) is 42.5 Å². The first-order valence-electron chi connectivity index (χ1n) is 11.4. The van der Waals surface area contributed by atoms with E-state index in [4.69, 9.17) is 4.74 Å². The highest BCUT2D eigenvalue weighted by molar-refractivity contribution is 5.73. The molecule has 32 heavy (non-hydrogen) atoms. The van der Waals surface area contributed by atoms with Crippen molar-refractivity contribution in [3.8, 4) is 17.0 Å². The summed E-state index contributed by atoms with van der Waals surface area (Å²) in [4.78, 5) is 14.2. The van der Waals surface area contributed by atoms with Crippen LogP contribution in [-0.4, -0.2) is 26.3 Å². The summed E-state index contributed by atoms with van der Waals surface area (Å²) in [6, 6.07) is 16.4. The molecule has 2 aliphatic rings. The standard InChI is InChI=1S/C26H26N4O2/c1-32-20-11-9-18(10-12-20)16-29-24(31)22-23(30-17-27-28-25(29)30)21-8-4-3-7-19(21)15-26(22)13-5-2-6-14-26/h3-4,7-12,17H,2,5-6,13-16H2,1H3. The smallest absolute Gasteiger partial charge is 0.259 e. The monoisotopic (exact) mass is 426 g/mol. The maximum atomic E-state index is 14.2. The number of fused-ring (bicyclic) bond motifs is 6. The molecular weight excluding hydrogens is 400 g/mol. The number of hydrogen-bond acceptors (Lipinski definition) is 4. The van der Waals surface area contributed by atoms with Crippen LogP contribution in [0.15, 0.2) is 59.7 Å². The van der Waals surface area contributed by atoms with Gasteiger partial charge in [-0.25, -0.2) is 0 Å². The van der Waals surface area contributed by atoms with E-state index in [1.165, 1.54) is 24.8 Å². The highest BCUT2D eigenvalue weighted by Gasteiger charge is 2.43. The summed E-state index contributed by atoms with van der Waals surface area (Å²) in [5.41, 5.74) is 5.40. The van der Waals surface area contributed by atoms with E-state index in [0.29, 0.717) is 12.3 Å². The van der Waals surface area contributed by atoms with E-state index in [1.54, 1.807) is 18.0 Å². The third kappa shape index (κ3) is 2.82. The first-order chi connectivity index (χ1) is 15.7. The zero-order chi connectivity index (χ0) is 21.7. The van der Waals surface area contributed by atoms with Crippen LogP contribution in [0, 0.1) is 0 Å². The average Bonchev–Trinajstić information content (AvgIpc) is 3.32. The lowest BCUT2D eigenvalue weighted by atomic mass is 9.62. The topological polar surface area (TPSA) is 61.4 Å². The van der Waals surface area contributed by atoms with Crippen molar-refractivity contribution in [3.05, 3.63) is 81.9 Å². The van der Waals surface area contributed by atoms with Gasteiger partial charge in [-0.15, -0.1) is 10.2 Å². The maximum Gasteiger partial charge on any atom is 0.259 e. The largest absolute Gasteiger partial charge is 0.497 e. The number of nitrogens with zero attached hydrogens (tertiary/aromatic N) is 4. The first-order valence-corrected chi connectivity index (χ1v) is 11.4. The van der Waals surface area contributed by atoms with Crippen LogP contribution in [0.1, 0.15) is 48.8 Å². The molecule has 0 amide bonds. The molecule has 6 nitrogen and oxygen atoms in total. The predicted octanol–water partition coefficient (Wildman–Crippen LogP) is 4.37. The van der Waals surface area contributed by atoms with Gasteiger partial charge in [0.1, 0.15) is 12.1 Å². The molecule has 0 N–H and O–H groups in total. The van der Waals surface area contributed by atoms with E-state index < -0.39 is 0 Å². The summed E-state index contributed by atoms with van der Waals surface area (Å²) in [6.07, 6.45) is 8.38. The van der Waals surface area contributed by atoms with E-state index in [1.807, 2.05) is 28.7 Å². The normalized spacial score (nSPS) is 16.7. The molecule has 6 heteroatoms. The average molecular weight is 427 g/mol. The summed E-state index contributed by atoms with van der Waals surface area (Å²) in [5.74, 6) is 1.39. The number of hydrogen-bond donors (Lipinski definition) is 0. The highest BCUT2D eigenvalue weighted by Crippen LogP contribution is 2.49. The van der Waals surface area contributed by atoms with Crippen LogP contribution in [0.2, 0.25) is 0 Å². The van der Waals surface area contributed by atoms with Crippen LogP contribution in [0.4, 0.5) is 0 Å². The van der Waals surface area contributed by atoms with Crippen LogP contribution >= 0.6 is 0 Å². The van der Waals surface area contributed by atoms with Crippen LogP contribution in [-0.2, 0) is 18.4 Å². The number of aromatic nitrogens is 4. The number of benzene rings is 2. The Balaban J connectivity index is 1.62. The van der Waals surface area contributed by atoms with Gasteiger partial charge in [0.15, 0.2) is 0 Å². The van der Waals surface area contributed by atoms with Crippen LogP contribution < -0.4 is 10.3 Å². The van der Waals surface area contributed by atoms with Crippen molar-refractivity contribution in [2.45, 2.75) is 50.5 Å². The summed E-state index contributed by atoms with van der Waals surface area (Å²) in [5, 5.41) is 8.60. The van der Waals surface area contributed by atoms with Gasteiger partial charge in [0.2, 0.25) is 5.78 Å². The maximum absolute atomic E-state index is 14.2. The third-order valence-electron chi connectivity index (χ3n) is 7.35. The lowest BCUT2D eigenvalue weighted by molar-refractivity contribution is 0.283. The lowest BCUT2D eigenvalue weighted by Gasteiger charge is -2.42. The molecule has 0 atom stereocenters. The molecule has 2 aliphatic carbocycles. The van der Waals surface area contributed by atoms with Crippen LogP contribution in [0.3, 0.4) is 0 Å². The van der Waals surface area contributed by atoms with E-state index in [0.717, 1.165) is 47.4 Å². The second kappa shape index (κ2) is 7.33. The molecule has 2 heterocycles. The minimum Gasteiger partial charge on any atom is -0.497 e. The number of rotatable bonds is 3. The summed E-state index contributed by atoms with van der Waals surface area (Å²) in [6.45, 7) is 0.454. The zero-order valence-electron chi connectivity index (χ0n) is 18.3. The SMILES string of the molecule is COc1ccc(Cn2c(=O)c3c(n4cnnc24)-c2ccccc2CC32CCCCC2)cc1. The fraction of sp³-hybridized carbons (Fsp3) is 0.346. The van der Waals surface area contributed by atoms with Gasteiger partial charge in [-0.2, -0.15) is 0 Å². The third-order valence-corrected chi connectivity index (χ3v) is 7.35. The van der Waals surface area contributed by atoms with Crippen LogP contribution in [0.25, 0.3) is 17.0 Å². The van der Waals surface area contributed by atoms with Gasteiger partial charge in [-0.1, -0.05) is 55.7 Å². The van der Waals surface area contributed by atoms with Gasteiger partial charge < -0.3 is 4.74 Å². The van der Waals surface area contributed by atoms with Crippen molar-refractivity contribution < 1.29 is 4.74 Å². The van der Waals surface area contributed by atoms with Gasteiger partial charge in [-0.3, -0.25) is 13.8 Å². The molecule has 0 saturated heterocycles. The van der Waals surface area contributed by atoms with E-state index in [2.05, 4.69) is 34.5 Å². The Morgan fingerprint density at radius 1 is 1.03 bits per heavy atom. The second-order valence-electron chi connectivity index (χ2n) is 9.14. The van der Waals surface area contributed by atoms with Gasteiger partial charge >= 0.3 is 0 Å². The molecule has 0 radical (unpaired) electrons. The molecule has 0 bridgehead atoms. The van der Waals surface area contributed by atoms with Crippen LogP contribution in [0.5, 0.6) is 5.75 Å². The van der Waals surface area contributed by atoms with E-state index in [9.17, 15) is 4.79 Å². The van der Waals surface area contributed by atoms with Crippen molar-refractivity contribution in [2.24, 2.45) is 0 Å². The van der Waals surface area contributed by atoms with Gasteiger partial charge in [0, 0.05) is 16.5 Å². The molecule has 162 valence electrons. The molecule has 1 saturated carbocycles. The Kier molecular flexibility index (Phi) is 4.42. The Hall–Kier alpha value is -3.41. The van der Waals surface area contributed by atoms with Crippen molar-refractivity contribution in [1.82, 2.24) is 19.2 Å². The van der Waals surface area contributed by atoms with Crippen molar-refractivity contribution in [1.29, 1.82) is 0 Å². The molecule has 0 unspecified atom stereocenters. The summed E-state index contributed by atoms with van der Waals surface area (Å²) >= 11 is 0. The molecule has 1 spiro atoms. The minimum absolute atomic E-state index is 0.0766. The molecule has 2 aromatic heterocycles. The Morgan fingerprint density at radius 2 is 1.81 bits per heavy atom. The summed E-state index contributed by atoms with van der Waals surface area (Å²) in [7, 11) is 1.66. The summed E-state index contributed by atoms with van der Waals surface area (Å²) < 4.78 is 9.13.